The standard InChI is InChI=1S/C13H18ClN/c1-2-8-15-13(10-6-7-10)11-4-3-5-12(14)9-11/h3-5,9-10,13,15H,2,6-8H2,1H3. The van der Waals surface area contributed by atoms with E-state index < -0.39 is 0 Å². The minimum absolute atomic E-state index is 0.517. The molecule has 15 heavy (non-hydrogen) atoms. The third kappa shape index (κ3) is 2.96. The van der Waals surface area contributed by atoms with Gasteiger partial charge in [0, 0.05) is 11.1 Å². The number of nitrogens with one attached hydrogen (secondary N) is 1. The van der Waals surface area contributed by atoms with Gasteiger partial charge >= 0.3 is 0 Å². The molecule has 1 nitrogen and oxygen atoms in total. The van der Waals surface area contributed by atoms with E-state index in [1.165, 1.54) is 24.8 Å². The summed E-state index contributed by atoms with van der Waals surface area (Å²) in [5.41, 5.74) is 1.35. The molecular weight excluding hydrogens is 206 g/mol. The first-order valence-electron chi connectivity index (χ1n) is 5.80. The zero-order valence-corrected chi connectivity index (χ0v) is 9.93. The smallest absolute Gasteiger partial charge is 0.0409 e. The van der Waals surface area contributed by atoms with Crippen LogP contribution in [0.1, 0.15) is 37.8 Å². The van der Waals surface area contributed by atoms with Gasteiger partial charge in [-0.1, -0.05) is 30.7 Å². The molecular formula is C13H18ClN. The van der Waals surface area contributed by atoms with Crippen LogP contribution in [-0.4, -0.2) is 6.54 Å². The number of halogens is 1. The molecule has 0 spiro atoms. The quantitative estimate of drug-likeness (QED) is 0.801. The molecule has 1 saturated carbocycles. The molecule has 0 saturated heterocycles. The third-order valence-electron chi connectivity index (χ3n) is 2.92. The van der Waals surface area contributed by atoms with Crippen molar-refractivity contribution in [2.24, 2.45) is 5.92 Å². The van der Waals surface area contributed by atoms with Crippen molar-refractivity contribution in [2.75, 3.05) is 6.54 Å². The lowest BCUT2D eigenvalue weighted by Crippen LogP contribution is -2.23. The molecule has 1 atom stereocenters. The van der Waals surface area contributed by atoms with Crippen LogP contribution in [0.5, 0.6) is 0 Å². The van der Waals surface area contributed by atoms with Crippen LogP contribution >= 0.6 is 11.6 Å². The fraction of sp³-hybridized carbons (Fsp3) is 0.538. The van der Waals surface area contributed by atoms with Crippen molar-refractivity contribution in [1.29, 1.82) is 0 Å². The maximum Gasteiger partial charge on any atom is 0.0409 e. The summed E-state index contributed by atoms with van der Waals surface area (Å²) >= 11 is 6.02. The van der Waals surface area contributed by atoms with E-state index in [9.17, 15) is 0 Å². The molecule has 2 heteroatoms. The van der Waals surface area contributed by atoms with E-state index in [2.05, 4.69) is 24.4 Å². The van der Waals surface area contributed by atoms with Gasteiger partial charge in [-0.05, 0) is 49.4 Å². The Bertz CT molecular complexity index is 320. The lowest BCUT2D eigenvalue weighted by Gasteiger charge is -2.18. The molecule has 0 amide bonds. The Hall–Kier alpha value is -0.530. The molecule has 1 fully saturated rings. The van der Waals surface area contributed by atoms with Crippen molar-refractivity contribution in [3.8, 4) is 0 Å². The van der Waals surface area contributed by atoms with E-state index >= 15 is 0 Å². The SMILES string of the molecule is CCCNC(c1cccc(Cl)c1)C1CC1. The summed E-state index contributed by atoms with van der Waals surface area (Å²) in [4.78, 5) is 0. The van der Waals surface area contributed by atoms with Crippen LogP contribution < -0.4 is 5.32 Å². The van der Waals surface area contributed by atoms with Crippen molar-refractivity contribution in [1.82, 2.24) is 5.32 Å². The minimum Gasteiger partial charge on any atom is -0.310 e. The number of hydrogen-bond acceptors (Lipinski definition) is 1. The molecule has 1 aromatic carbocycles. The molecule has 0 bridgehead atoms. The lowest BCUT2D eigenvalue weighted by atomic mass is 10.0. The van der Waals surface area contributed by atoms with Gasteiger partial charge in [-0.2, -0.15) is 0 Å². The Kier molecular flexibility index (Phi) is 3.66. The average Bonchev–Trinajstić information content (AvgIpc) is 3.03. The van der Waals surface area contributed by atoms with Crippen LogP contribution in [0.15, 0.2) is 24.3 Å². The predicted molar refractivity (Wildman–Crippen MR) is 65.2 cm³/mol. The average molecular weight is 224 g/mol. The van der Waals surface area contributed by atoms with Gasteiger partial charge in [-0.15, -0.1) is 0 Å². The van der Waals surface area contributed by atoms with E-state index in [-0.39, 0.29) is 0 Å². The van der Waals surface area contributed by atoms with Crippen molar-refractivity contribution in [2.45, 2.75) is 32.2 Å². The highest BCUT2D eigenvalue weighted by Crippen LogP contribution is 2.41. The summed E-state index contributed by atoms with van der Waals surface area (Å²) in [6, 6.07) is 8.77. The summed E-state index contributed by atoms with van der Waals surface area (Å²) < 4.78 is 0. The van der Waals surface area contributed by atoms with Crippen LogP contribution in [0.2, 0.25) is 5.02 Å². The van der Waals surface area contributed by atoms with Crippen LogP contribution in [0.4, 0.5) is 0 Å². The third-order valence-corrected chi connectivity index (χ3v) is 3.15. The first-order chi connectivity index (χ1) is 7.31. The van der Waals surface area contributed by atoms with Gasteiger partial charge < -0.3 is 5.32 Å². The molecule has 1 unspecified atom stereocenters. The normalized spacial score (nSPS) is 17.7. The summed E-state index contributed by atoms with van der Waals surface area (Å²) in [6.07, 6.45) is 3.89. The molecule has 1 aromatic rings. The Morgan fingerprint density at radius 3 is 2.87 bits per heavy atom. The summed E-state index contributed by atoms with van der Waals surface area (Å²) in [6.45, 7) is 3.29. The fourth-order valence-electron chi connectivity index (χ4n) is 1.99. The van der Waals surface area contributed by atoms with E-state index in [1.807, 2.05) is 12.1 Å². The van der Waals surface area contributed by atoms with E-state index in [4.69, 9.17) is 11.6 Å². The van der Waals surface area contributed by atoms with Crippen LogP contribution in [-0.2, 0) is 0 Å². The zero-order valence-electron chi connectivity index (χ0n) is 9.17. The molecule has 1 N–H and O–H groups in total. The molecule has 0 heterocycles. The van der Waals surface area contributed by atoms with Gasteiger partial charge in [0.2, 0.25) is 0 Å². The van der Waals surface area contributed by atoms with Gasteiger partial charge in [0.1, 0.15) is 0 Å². The summed E-state index contributed by atoms with van der Waals surface area (Å²) in [5, 5.41) is 4.46. The molecule has 1 aliphatic rings. The van der Waals surface area contributed by atoms with Gasteiger partial charge in [0.15, 0.2) is 0 Å². The Morgan fingerprint density at radius 1 is 1.47 bits per heavy atom. The minimum atomic E-state index is 0.517. The summed E-state index contributed by atoms with van der Waals surface area (Å²) in [7, 11) is 0. The van der Waals surface area contributed by atoms with Crippen molar-refractivity contribution >= 4 is 11.6 Å². The maximum absolute atomic E-state index is 6.02. The largest absolute Gasteiger partial charge is 0.310 e. The first-order valence-corrected chi connectivity index (χ1v) is 6.18. The topological polar surface area (TPSA) is 12.0 Å². The second kappa shape index (κ2) is 5.00. The summed E-state index contributed by atoms with van der Waals surface area (Å²) in [5.74, 6) is 0.829. The highest BCUT2D eigenvalue weighted by atomic mass is 35.5. The van der Waals surface area contributed by atoms with Gasteiger partial charge in [0.05, 0.1) is 0 Å². The molecule has 0 aromatic heterocycles. The zero-order chi connectivity index (χ0) is 10.7. The second-order valence-corrected chi connectivity index (χ2v) is 4.76. The first kappa shape index (κ1) is 11.0. The van der Waals surface area contributed by atoms with E-state index in [0.717, 1.165) is 17.5 Å². The highest BCUT2D eigenvalue weighted by Gasteiger charge is 2.31. The monoisotopic (exact) mass is 223 g/mol. The molecule has 1 aliphatic carbocycles. The Labute approximate surface area is 96.8 Å². The predicted octanol–water partition coefficient (Wildman–Crippen LogP) is 3.79. The number of benzene rings is 1. The molecule has 82 valence electrons. The second-order valence-electron chi connectivity index (χ2n) is 4.32. The van der Waals surface area contributed by atoms with Gasteiger partial charge in [-0.3, -0.25) is 0 Å². The maximum atomic E-state index is 6.02. The highest BCUT2D eigenvalue weighted by molar-refractivity contribution is 6.30. The Morgan fingerprint density at radius 2 is 2.27 bits per heavy atom. The van der Waals surface area contributed by atoms with Crippen molar-refractivity contribution < 1.29 is 0 Å². The van der Waals surface area contributed by atoms with Crippen LogP contribution in [0.3, 0.4) is 0 Å². The van der Waals surface area contributed by atoms with E-state index in [1.54, 1.807) is 0 Å². The fourth-order valence-corrected chi connectivity index (χ4v) is 2.18. The van der Waals surface area contributed by atoms with Crippen LogP contribution in [0.25, 0.3) is 0 Å². The van der Waals surface area contributed by atoms with E-state index in [0.29, 0.717) is 6.04 Å². The number of hydrogen-bond donors (Lipinski definition) is 1. The van der Waals surface area contributed by atoms with Gasteiger partial charge in [0.25, 0.3) is 0 Å². The molecule has 2 rings (SSSR count). The molecule has 0 radical (unpaired) electrons. The Balaban J connectivity index is 2.09. The number of rotatable bonds is 5. The van der Waals surface area contributed by atoms with Gasteiger partial charge in [-0.25, -0.2) is 0 Å². The van der Waals surface area contributed by atoms with Crippen molar-refractivity contribution in [3.63, 3.8) is 0 Å². The lowest BCUT2D eigenvalue weighted by molar-refractivity contribution is 0.481. The molecule has 0 aliphatic heterocycles. The van der Waals surface area contributed by atoms with Crippen LogP contribution in [0, 0.1) is 5.92 Å². The van der Waals surface area contributed by atoms with Crippen molar-refractivity contribution in [3.05, 3.63) is 34.9 Å².